The van der Waals surface area contributed by atoms with Crippen molar-refractivity contribution in [3.05, 3.63) is 71.3 Å². The summed E-state index contributed by atoms with van der Waals surface area (Å²) >= 11 is 0. The number of para-hydroxylation sites is 1. The van der Waals surface area contributed by atoms with Gasteiger partial charge in [-0.05, 0) is 56.7 Å². The van der Waals surface area contributed by atoms with Gasteiger partial charge in [-0.1, -0.05) is 23.8 Å². The Hall–Kier alpha value is -3.61. The van der Waals surface area contributed by atoms with E-state index in [0.29, 0.717) is 11.3 Å². The van der Waals surface area contributed by atoms with E-state index in [-0.39, 0.29) is 30.7 Å². The second kappa shape index (κ2) is 10.7. The minimum atomic E-state index is -0.797. The Labute approximate surface area is 169 Å². The number of benzene rings is 2. The van der Waals surface area contributed by atoms with Crippen molar-refractivity contribution in [1.82, 2.24) is 5.32 Å². The van der Waals surface area contributed by atoms with Gasteiger partial charge in [0.1, 0.15) is 5.75 Å². The molecule has 2 amide bonds. The van der Waals surface area contributed by atoms with Crippen molar-refractivity contribution in [1.29, 1.82) is 0 Å². The third kappa shape index (κ3) is 7.14. The third-order valence-electron chi connectivity index (χ3n) is 3.72. The summed E-state index contributed by atoms with van der Waals surface area (Å²) in [4.78, 5) is 35.7. The predicted molar refractivity (Wildman–Crippen MR) is 110 cm³/mol. The molecule has 29 heavy (non-hydrogen) atoms. The van der Waals surface area contributed by atoms with Crippen LogP contribution in [0, 0.1) is 0 Å². The summed E-state index contributed by atoms with van der Waals surface area (Å²) in [5.41, 5.74) is 2.67. The monoisotopic (exact) mass is 396 g/mol. The van der Waals surface area contributed by atoms with E-state index in [1.165, 1.54) is 18.2 Å². The van der Waals surface area contributed by atoms with Gasteiger partial charge in [-0.3, -0.25) is 9.59 Å². The Morgan fingerprint density at radius 1 is 1.00 bits per heavy atom. The Bertz CT molecular complexity index is 900. The van der Waals surface area contributed by atoms with Crippen molar-refractivity contribution in [2.24, 2.45) is 0 Å². The van der Waals surface area contributed by atoms with Crippen molar-refractivity contribution < 1.29 is 23.9 Å². The molecule has 2 aromatic rings. The lowest BCUT2D eigenvalue weighted by Gasteiger charge is -2.12. The molecular weight excluding hydrogens is 372 g/mol. The van der Waals surface area contributed by atoms with Crippen molar-refractivity contribution >= 4 is 23.7 Å². The number of anilines is 1. The summed E-state index contributed by atoms with van der Waals surface area (Å²) in [5, 5.41) is 5.63. The number of carbonyl (C=O) groups excluding carboxylic acids is 3. The van der Waals surface area contributed by atoms with Gasteiger partial charge in [-0.15, -0.1) is 0 Å². The van der Waals surface area contributed by atoms with Gasteiger partial charge in [0.15, 0.2) is 0 Å². The maximum atomic E-state index is 12.5. The van der Waals surface area contributed by atoms with Gasteiger partial charge in [0, 0.05) is 23.9 Å². The van der Waals surface area contributed by atoms with Gasteiger partial charge in [0.2, 0.25) is 5.91 Å². The SMILES string of the molecule is CCOC(=O)Oc1ccc(C(=O)Nc2ccccc2CNC(=O)C=C(C)C)cc1. The van der Waals surface area contributed by atoms with Gasteiger partial charge < -0.3 is 20.1 Å². The molecule has 0 bridgehead atoms. The number of carbonyl (C=O) groups is 3. The first-order valence-electron chi connectivity index (χ1n) is 9.15. The maximum Gasteiger partial charge on any atom is 0.513 e. The summed E-state index contributed by atoms with van der Waals surface area (Å²) in [6.45, 7) is 5.87. The fourth-order valence-corrected chi connectivity index (χ4v) is 2.40. The first kappa shape index (κ1) is 21.7. The van der Waals surface area contributed by atoms with E-state index < -0.39 is 6.16 Å². The highest BCUT2D eigenvalue weighted by atomic mass is 16.7. The normalized spacial score (nSPS) is 9.90. The minimum absolute atomic E-state index is 0.191. The van der Waals surface area contributed by atoms with E-state index in [1.54, 1.807) is 31.2 Å². The molecule has 0 saturated heterocycles. The molecule has 0 aromatic heterocycles. The first-order chi connectivity index (χ1) is 13.9. The molecule has 0 aliphatic heterocycles. The number of nitrogens with one attached hydrogen (secondary N) is 2. The number of hydrogen-bond acceptors (Lipinski definition) is 5. The topological polar surface area (TPSA) is 93.7 Å². The Morgan fingerprint density at radius 3 is 2.34 bits per heavy atom. The molecule has 0 fully saturated rings. The van der Waals surface area contributed by atoms with E-state index in [4.69, 9.17) is 9.47 Å². The van der Waals surface area contributed by atoms with E-state index in [2.05, 4.69) is 10.6 Å². The largest absolute Gasteiger partial charge is 0.513 e. The van der Waals surface area contributed by atoms with Crippen molar-refractivity contribution in [3.63, 3.8) is 0 Å². The standard InChI is InChI=1S/C22H24N2O5/c1-4-28-22(27)29-18-11-9-16(10-12-18)21(26)24-19-8-6-5-7-17(19)14-23-20(25)13-15(2)3/h5-13H,4,14H2,1-3H3,(H,23,25)(H,24,26). The van der Waals surface area contributed by atoms with Crippen LogP contribution in [0.4, 0.5) is 10.5 Å². The minimum Gasteiger partial charge on any atom is -0.434 e. The molecular formula is C22H24N2O5. The lowest BCUT2D eigenvalue weighted by atomic mass is 10.1. The molecule has 0 aliphatic rings. The number of allylic oxidation sites excluding steroid dienone is 1. The summed E-state index contributed by atoms with van der Waals surface area (Å²) in [6.07, 6.45) is 0.718. The average Bonchev–Trinajstić information content (AvgIpc) is 2.67. The van der Waals surface area contributed by atoms with Crippen LogP contribution in [0.25, 0.3) is 0 Å². The van der Waals surface area contributed by atoms with Gasteiger partial charge in [-0.25, -0.2) is 4.79 Å². The Balaban J connectivity index is 2.02. The maximum absolute atomic E-state index is 12.5. The Morgan fingerprint density at radius 2 is 1.69 bits per heavy atom. The van der Waals surface area contributed by atoms with Crippen LogP contribution in [0.15, 0.2) is 60.2 Å². The van der Waals surface area contributed by atoms with Crippen molar-refractivity contribution in [2.45, 2.75) is 27.3 Å². The molecule has 2 rings (SSSR count). The molecule has 0 unspecified atom stereocenters. The lowest BCUT2D eigenvalue weighted by Crippen LogP contribution is -2.22. The Kier molecular flexibility index (Phi) is 7.97. The summed E-state index contributed by atoms with van der Waals surface area (Å²) < 4.78 is 9.67. The zero-order valence-corrected chi connectivity index (χ0v) is 16.7. The highest BCUT2D eigenvalue weighted by Gasteiger charge is 2.11. The first-order valence-corrected chi connectivity index (χ1v) is 9.15. The van der Waals surface area contributed by atoms with E-state index >= 15 is 0 Å². The molecule has 0 saturated carbocycles. The zero-order valence-electron chi connectivity index (χ0n) is 16.7. The molecule has 0 spiro atoms. The fraction of sp³-hybridized carbons (Fsp3) is 0.227. The van der Waals surface area contributed by atoms with Crippen LogP contribution in [0.5, 0.6) is 5.75 Å². The van der Waals surface area contributed by atoms with Crippen LogP contribution in [0.3, 0.4) is 0 Å². The van der Waals surface area contributed by atoms with Crippen LogP contribution in [-0.2, 0) is 16.1 Å². The number of hydrogen-bond donors (Lipinski definition) is 2. The van der Waals surface area contributed by atoms with Crippen molar-refractivity contribution in [2.75, 3.05) is 11.9 Å². The molecule has 2 aromatic carbocycles. The zero-order chi connectivity index (χ0) is 21.2. The van der Waals surface area contributed by atoms with E-state index in [0.717, 1.165) is 11.1 Å². The molecule has 7 heteroatoms. The third-order valence-corrected chi connectivity index (χ3v) is 3.72. The van der Waals surface area contributed by atoms with Crippen LogP contribution < -0.4 is 15.4 Å². The predicted octanol–water partition coefficient (Wildman–Crippen LogP) is 4.06. The molecule has 0 aliphatic carbocycles. The molecule has 2 N–H and O–H groups in total. The molecule has 152 valence electrons. The van der Waals surface area contributed by atoms with Crippen LogP contribution in [0.1, 0.15) is 36.7 Å². The van der Waals surface area contributed by atoms with Crippen molar-refractivity contribution in [3.8, 4) is 5.75 Å². The molecule has 0 heterocycles. The van der Waals surface area contributed by atoms with Gasteiger partial charge >= 0.3 is 6.16 Å². The van der Waals surface area contributed by atoms with Crippen LogP contribution in [-0.4, -0.2) is 24.6 Å². The summed E-state index contributed by atoms with van der Waals surface area (Å²) in [6, 6.07) is 13.3. The van der Waals surface area contributed by atoms with Gasteiger partial charge in [0.05, 0.1) is 6.61 Å². The number of amides is 2. The second-order valence-corrected chi connectivity index (χ2v) is 6.36. The molecule has 7 nitrogen and oxygen atoms in total. The van der Waals surface area contributed by atoms with E-state index in [9.17, 15) is 14.4 Å². The van der Waals surface area contributed by atoms with Gasteiger partial charge in [-0.2, -0.15) is 0 Å². The smallest absolute Gasteiger partial charge is 0.434 e. The van der Waals surface area contributed by atoms with Crippen LogP contribution in [0.2, 0.25) is 0 Å². The molecule has 0 radical (unpaired) electrons. The highest BCUT2D eigenvalue weighted by molar-refractivity contribution is 6.04. The van der Waals surface area contributed by atoms with E-state index in [1.807, 2.05) is 26.0 Å². The second-order valence-electron chi connectivity index (χ2n) is 6.36. The summed E-state index contributed by atoms with van der Waals surface area (Å²) in [5.74, 6) is -0.235. The number of ether oxygens (including phenoxy) is 2. The lowest BCUT2D eigenvalue weighted by molar-refractivity contribution is -0.116. The van der Waals surface area contributed by atoms with Gasteiger partial charge in [0.25, 0.3) is 5.91 Å². The quantitative estimate of drug-likeness (QED) is 0.418. The highest BCUT2D eigenvalue weighted by Crippen LogP contribution is 2.18. The van der Waals surface area contributed by atoms with Crippen LogP contribution >= 0.6 is 0 Å². The average molecular weight is 396 g/mol. The summed E-state index contributed by atoms with van der Waals surface area (Å²) in [7, 11) is 0. The molecule has 0 atom stereocenters. The fourth-order valence-electron chi connectivity index (χ4n) is 2.40. The number of rotatable bonds is 7.